The van der Waals surface area contributed by atoms with Crippen LogP contribution in [0.2, 0.25) is 0 Å². The Balaban J connectivity index is 2.15. The van der Waals surface area contributed by atoms with Gasteiger partial charge in [-0.3, -0.25) is 24.1 Å². The maximum atomic E-state index is 14.4. The smallest absolute Gasteiger partial charge is 0.325 e. The van der Waals surface area contributed by atoms with E-state index in [1.807, 2.05) is 0 Å². The normalized spacial score (nSPS) is 30.6. The topological polar surface area (TPSA) is 225 Å². The number of aliphatic hydroxyl groups is 3. The Morgan fingerprint density at radius 3 is 2.15 bits per heavy atom. The summed E-state index contributed by atoms with van der Waals surface area (Å²) in [7, 11) is 3.02. The van der Waals surface area contributed by atoms with Gasteiger partial charge in [0.15, 0.2) is 11.4 Å². The van der Waals surface area contributed by atoms with Gasteiger partial charge in [0.25, 0.3) is 5.91 Å². The van der Waals surface area contributed by atoms with Gasteiger partial charge in [0.05, 0.1) is 11.6 Å². The number of phenolic OH excluding ortho intramolecular Hbond substituents is 1. The number of fused-ring (bicyclic) bond motifs is 3. The van der Waals surface area contributed by atoms with E-state index in [1.165, 1.54) is 32.0 Å². The number of rotatable bonds is 4. The van der Waals surface area contributed by atoms with Crippen LogP contribution in [0.3, 0.4) is 0 Å². The number of carboxylic acid groups (broad SMARTS) is 1. The standard InChI is InChI=1S/C29H37N3O9/c1-26(2,3)13-8-11(17(30)25(39)40)12-9-27(4)10-28(5)21(32(6)7)20(35)15(24(31)38)22(36)29(28,41)23(37)16(27)19(34)14(12)18(13)33/h8,17,21,33-34,36,41H,9-10,30H2,1-7H3,(H2,31,38)(H,39,40)/t17?,21-,27+,28+,29-/m1/s1. The number of primary amides is 1. The van der Waals surface area contributed by atoms with E-state index in [-0.39, 0.29) is 40.7 Å². The Hall–Kier alpha value is -3.74. The van der Waals surface area contributed by atoms with Crippen molar-refractivity contribution in [1.82, 2.24) is 4.90 Å². The minimum absolute atomic E-state index is 0.102. The Kier molecular flexibility index (Phi) is 6.54. The largest absolute Gasteiger partial charge is 0.508 e. The fraction of sp³-hybridized carbons (Fsp3) is 0.517. The molecule has 0 bridgehead atoms. The third-order valence-corrected chi connectivity index (χ3v) is 9.08. The number of carbonyl (C=O) groups is 4. The number of aromatic hydroxyl groups is 1. The minimum atomic E-state index is -2.85. The lowest BCUT2D eigenvalue weighted by molar-refractivity contribution is -0.176. The number of amides is 1. The number of hydrogen-bond acceptors (Lipinski definition) is 10. The predicted octanol–water partition coefficient (Wildman–Crippen LogP) is 1.13. The first-order chi connectivity index (χ1) is 18.6. The first kappa shape index (κ1) is 30.2. The Labute approximate surface area is 236 Å². The molecular formula is C29H37N3O9. The molecule has 1 fully saturated rings. The van der Waals surface area contributed by atoms with Gasteiger partial charge in [-0.15, -0.1) is 0 Å². The summed E-state index contributed by atoms with van der Waals surface area (Å²) in [5, 5.41) is 56.1. The fourth-order valence-corrected chi connectivity index (χ4v) is 7.40. The summed E-state index contributed by atoms with van der Waals surface area (Å²) in [5.74, 6) is -7.04. The highest BCUT2D eigenvalue weighted by Crippen LogP contribution is 2.63. The van der Waals surface area contributed by atoms with Gasteiger partial charge in [-0.2, -0.15) is 0 Å². The average molecular weight is 572 g/mol. The average Bonchev–Trinajstić information content (AvgIpc) is 2.79. The van der Waals surface area contributed by atoms with Crippen molar-refractivity contribution in [2.45, 2.75) is 70.6 Å². The van der Waals surface area contributed by atoms with Crippen LogP contribution in [0, 0.1) is 10.8 Å². The second kappa shape index (κ2) is 8.88. The van der Waals surface area contributed by atoms with Gasteiger partial charge >= 0.3 is 5.97 Å². The third kappa shape index (κ3) is 3.77. The maximum absolute atomic E-state index is 14.4. The highest BCUT2D eigenvalue weighted by Gasteiger charge is 2.72. The zero-order chi connectivity index (χ0) is 31.4. The van der Waals surface area contributed by atoms with E-state index < -0.39 is 80.2 Å². The number of aliphatic hydroxyl groups excluding tert-OH is 2. The van der Waals surface area contributed by atoms with Gasteiger partial charge in [-0.05, 0) is 49.5 Å². The Morgan fingerprint density at radius 2 is 1.68 bits per heavy atom. The molecule has 0 saturated heterocycles. The van der Waals surface area contributed by atoms with E-state index in [0.717, 1.165) is 0 Å². The van der Waals surface area contributed by atoms with E-state index in [2.05, 4.69) is 0 Å². The molecule has 12 heteroatoms. The molecule has 0 aliphatic heterocycles. The molecule has 1 amide bonds. The molecule has 222 valence electrons. The molecular weight excluding hydrogens is 534 g/mol. The number of likely N-dealkylation sites (N-methyl/N-ethyl adjacent to an activating group) is 1. The van der Waals surface area contributed by atoms with Gasteiger partial charge in [-0.1, -0.05) is 34.6 Å². The summed E-state index contributed by atoms with van der Waals surface area (Å²) in [6, 6.07) is -1.35. The molecule has 4 rings (SSSR count). The van der Waals surface area contributed by atoms with Crippen molar-refractivity contribution >= 4 is 29.2 Å². The molecule has 5 atom stereocenters. The lowest BCUT2D eigenvalue weighted by Gasteiger charge is -2.59. The summed E-state index contributed by atoms with van der Waals surface area (Å²) in [4.78, 5) is 53.6. The highest BCUT2D eigenvalue weighted by molar-refractivity contribution is 6.25. The number of benzene rings is 1. The molecule has 41 heavy (non-hydrogen) atoms. The van der Waals surface area contributed by atoms with Gasteiger partial charge in [0.1, 0.15) is 28.9 Å². The predicted molar refractivity (Wildman–Crippen MR) is 147 cm³/mol. The van der Waals surface area contributed by atoms with Crippen LogP contribution in [0.25, 0.3) is 5.76 Å². The van der Waals surface area contributed by atoms with E-state index in [9.17, 15) is 44.7 Å². The number of phenols is 1. The van der Waals surface area contributed by atoms with Crippen LogP contribution in [-0.4, -0.2) is 79.6 Å². The molecule has 0 heterocycles. The van der Waals surface area contributed by atoms with Gasteiger partial charge in [0.2, 0.25) is 5.78 Å². The van der Waals surface area contributed by atoms with Crippen molar-refractivity contribution in [2.24, 2.45) is 22.3 Å². The molecule has 1 aromatic rings. The van der Waals surface area contributed by atoms with Crippen LogP contribution >= 0.6 is 0 Å². The zero-order valence-electron chi connectivity index (χ0n) is 24.1. The number of nitrogens with two attached hydrogens (primary N) is 2. The third-order valence-electron chi connectivity index (χ3n) is 9.08. The summed E-state index contributed by atoms with van der Waals surface area (Å²) in [6.45, 7) is 8.32. The molecule has 12 nitrogen and oxygen atoms in total. The molecule has 1 aromatic carbocycles. The van der Waals surface area contributed by atoms with Gasteiger partial charge < -0.3 is 37.0 Å². The number of aliphatic carboxylic acids is 1. The number of Topliss-reactive ketones (excluding diaryl/α,β-unsaturated/α-hetero) is 2. The van der Waals surface area contributed by atoms with Crippen molar-refractivity contribution < 1.29 is 44.7 Å². The Morgan fingerprint density at radius 1 is 1.12 bits per heavy atom. The summed E-state index contributed by atoms with van der Waals surface area (Å²) >= 11 is 0. The van der Waals surface area contributed by atoms with Crippen LogP contribution in [0.15, 0.2) is 23.0 Å². The van der Waals surface area contributed by atoms with Crippen molar-refractivity contribution in [1.29, 1.82) is 0 Å². The van der Waals surface area contributed by atoms with Crippen LogP contribution in [0.4, 0.5) is 0 Å². The first-order valence-electron chi connectivity index (χ1n) is 13.1. The van der Waals surface area contributed by atoms with Crippen molar-refractivity contribution in [3.05, 3.63) is 45.2 Å². The minimum Gasteiger partial charge on any atom is -0.508 e. The van der Waals surface area contributed by atoms with Gasteiger partial charge in [-0.25, -0.2) is 0 Å². The number of carbonyl (C=O) groups excluding carboxylic acids is 3. The molecule has 0 radical (unpaired) electrons. The number of hydrogen-bond donors (Lipinski definition) is 7. The van der Waals surface area contributed by atoms with Crippen molar-refractivity contribution in [2.75, 3.05) is 14.1 Å². The van der Waals surface area contributed by atoms with Crippen molar-refractivity contribution in [3.63, 3.8) is 0 Å². The molecule has 9 N–H and O–H groups in total. The lowest BCUT2D eigenvalue weighted by Crippen LogP contribution is -2.72. The monoisotopic (exact) mass is 571 g/mol. The second-order valence-electron chi connectivity index (χ2n) is 13.2. The van der Waals surface area contributed by atoms with E-state index in [0.29, 0.717) is 0 Å². The van der Waals surface area contributed by atoms with E-state index in [4.69, 9.17) is 11.5 Å². The number of ketones is 2. The molecule has 1 saturated carbocycles. The van der Waals surface area contributed by atoms with Crippen molar-refractivity contribution in [3.8, 4) is 5.75 Å². The maximum Gasteiger partial charge on any atom is 0.325 e. The first-order valence-corrected chi connectivity index (χ1v) is 13.1. The SMILES string of the molecule is CN(C)[C@@H]1C(=O)C(C(N)=O)=C(O)[C@@]2(O)C(=O)C3=C(O)c4c(O)c(C(C)(C)C)cc(C(N)C(=O)O)c4C[C@@]3(C)C[C@@]12C. The van der Waals surface area contributed by atoms with Crippen LogP contribution in [0.1, 0.15) is 69.3 Å². The van der Waals surface area contributed by atoms with Crippen LogP contribution < -0.4 is 11.5 Å². The number of nitrogens with zero attached hydrogens (tertiary/aromatic N) is 1. The molecule has 0 spiro atoms. The summed E-state index contributed by atoms with van der Waals surface area (Å²) in [5.41, 5.74) is 3.95. The molecule has 0 aromatic heterocycles. The van der Waals surface area contributed by atoms with Crippen LogP contribution in [-0.2, 0) is 31.0 Å². The quantitative estimate of drug-likeness (QED) is 0.254. The molecule has 3 aliphatic rings. The van der Waals surface area contributed by atoms with E-state index in [1.54, 1.807) is 27.7 Å². The van der Waals surface area contributed by atoms with E-state index >= 15 is 0 Å². The molecule has 3 aliphatic carbocycles. The summed E-state index contributed by atoms with van der Waals surface area (Å²) in [6.07, 6.45) is -0.287. The summed E-state index contributed by atoms with van der Waals surface area (Å²) < 4.78 is 0. The zero-order valence-corrected chi connectivity index (χ0v) is 24.1. The second-order valence-corrected chi connectivity index (χ2v) is 13.2. The van der Waals surface area contributed by atoms with Gasteiger partial charge in [0, 0.05) is 22.0 Å². The lowest BCUT2D eigenvalue weighted by atomic mass is 9.46. The Bertz CT molecular complexity index is 1500. The highest BCUT2D eigenvalue weighted by atomic mass is 16.4. The number of carboxylic acids is 1. The fourth-order valence-electron chi connectivity index (χ4n) is 7.40. The van der Waals surface area contributed by atoms with Crippen LogP contribution in [0.5, 0.6) is 5.75 Å². The molecule has 1 unspecified atom stereocenters.